The molecule has 232 valence electrons. The Hall–Kier alpha value is -3.63. The minimum Gasteiger partial charge on any atom is -0.493 e. The number of nitrogens with one attached hydrogen (secondary N) is 1. The van der Waals surface area contributed by atoms with Gasteiger partial charge in [-0.2, -0.15) is 0 Å². The summed E-state index contributed by atoms with van der Waals surface area (Å²) in [6.45, 7) is 8.04. The van der Waals surface area contributed by atoms with Crippen molar-refractivity contribution in [3.8, 4) is 11.5 Å². The molecule has 2 aromatic carbocycles. The van der Waals surface area contributed by atoms with Crippen LogP contribution in [0.3, 0.4) is 0 Å². The lowest BCUT2D eigenvalue weighted by molar-refractivity contribution is -0.132. The van der Waals surface area contributed by atoms with Crippen LogP contribution in [0.1, 0.15) is 49.2 Å². The van der Waals surface area contributed by atoms with E-state index in [-0.39, 0.29) is 42.2 Å². The monoisotopic (exact) mass is 592 g/mol. The predicted octanol–water partition coefficient (Wildman–Crippen LogP) is 4.17. The zero-order valence-corrected chi connectivity index (χ0v) is 25.7. The molecular weight excluding hydrogens is 548 g/mol. The second-order valence-electron chi connectivity index (χ2n) is 11.9. The number of methoxy groups -OCH3 is 2. The van der Waals surface area contributed by atoms with Crippen LogP contribution in [0.15, 0.2) is 47.0 Å². The maximum atomic E-state index is 13.9. The summed E-state index contributed by atoms with van der Waals surface area (Å²) < 4.78 is 22.0. The minimum atomic E-state index is -0.0434. The number of fused-ring (bicyclic) bond motifs is 1. The van der Waals surface area contributed by atoms with E-state index in [1.165, 1.54) is 0 Å². The van der Waals surface area contributed by atoms with Crippen molar-refractivity contribution < 1.29 is 28.3 Å². The Balaban J connectivity index is 1.26. The third-order valence-corrected chi connectivity index (χ3v) is 8.47. The molecule has 3 aromatic rings. The number of rotatable bonds is 15. The van der Waals surface area contributed by atoms with Crippen LogP contribution in [0.25, 0.3) is 11.0 Å². The van der Waals surface area contributed by atoms with E-state index in [0.717, 1.165) is 37.7 Å². The van der Waals surface area contributed by atoms with E-state index in [1.807, 2.05) is 47.9 Å². The number of amides is 2. The van der Waals surface area contributed by atoms with Crippen molar-refractivity contribution in [2.45, 2.75) is 51.6 Å². The molecule has 0 unspecified atom stereocenters. The minimum absolute atomic E-state index is 0.00327. The third kappa shape index (κ3) is 7.48. The number of carbonyl (C=O) groups excluding carboxylic acids is 2. The first-order chi connectivity index (χ1) is 20.9. The van der Waals surface area contributed by atoms with Gasteiger partial charge in [0.25, 0.3) is 5.91 Å². The summed E-state index contributed by atoms with van der Waals surface area (Å²) in [5, 5.41) is 8.61. The van der Waals surface area contributed by atoms with Gasteiger partial charge in [-0.3, -0.25) is 9.59 Å². The van der Waals surface area contributed by atoms with Crippen LogP contribution >= 0.6 is 0 Å². The molecule has 1 N–H and O–H groups in total. The van der Waals surface area contributed by atoms with E-state index >= 15 is 0 Å². The van der Waals surface area contributed by atoms with Crippen molar-refractivity contribution in [1.29, 1.82) is 0 Å². The van der Waals surface area contributed by atoms with Gasteiger partial charge in [-0.15, -0.1) is 0 Å². The standard InChI is InChI=1S/C33H44N4O6/c1-22(2)36(33(39)23-10-13-30(41-4)31(16-23)42-15-7-14-40-3)20-24-18-34-19-25(24)21-37(26-11-12-26)32(38)17-28-27-8-5-6-9-29(27)43-35-28/h5-6,8-10,13,16,22,24-26,34H,7,11-12,14-15,17-21H2,1-4H3/t24-,25-/m0/s1. The van der Waals surface area contributed by atoms with E-state index in [0.29, 0.717) is 54.6 Å². The van der Waals surface area contributed by atoms with Gasteiger partial charge >= 0.3 is 0 Å². The molecule has 2 aliphatic rings. The van der Waals surface area contributed by atoms with Crippen molar-refractivity contribution in [2.75, 3.05) is 53.6 Å². The summed E-state index contributed by atoms with van der Waals surface area (Å²) in [5.74, 6) is 1.64. The Labute approximate surface area is 253 Å². The van der Waals surface area contributed by atoms with Crippen molar-refractivity contribution in [1.82, 2.24) is 20.3 Å². The van der Waals surface area contributed by atoms with Crippen LogP contribution in [-0.2, 0) is 16.0 Å². The van der Waals surface area contributed by atoms with E-state index in [2.05, 4.69) is 10.5 Å². The van der Waals surface area contributed by atoms with E-state index in [4.69, 9.17) is 18.7 Å². The highest BCUT2D eigenvalue weighted by Crippen LogP contribution is 2.32. The largest absolute Gasteiger partial charge is 0.493 e. The Morgan fingerprint density at radius 1 is 1.02 bits per heavy atom. The number of aromatic nitrogens is 1. The van der Waals surface area contributed by atoms with Gasteiger partial charge in [0.2, 0.25) is 5.91 Å². The molecule has 0 spiro atoms. The van der Waals surface area contributed by atoms with Crippen molar-refractivity contribution in [3.05, 3.63) is 53.7 Å². The summed E-state index contributed by atoms with van der Waals surface area (Å²) in [4.78, 5) is 31.4. The number of ether oxygens (including phenoxy) is 3. The first kappa shape index (κ1) is 30.8. The van der Waals surface area contributed by atoms with E-state index in [1.54, 1.807) is 32.4 Å². The van der Waals surface area contributed by atoms with Crippen LogP contribution in [0.4, 0.5) is 0 Å². The first-order valence-electron chi connectivity index (χ1n) is 15.3. The quantitative estimate of drug-likeness (QED) is 0.262. The molecule has 5 rings (SSSR count). The highest BCUT2D eigenvalue weighted by molar-refractivity contribution is 5.95. The zero-order valence-electron chi connectivity index (χ0n) is 25.7. The molecule has 1 saturated heterocycles. The first-order valence-corrected chi connectivity index (χ1v) is 15.3. The second-order valence-corrected chi connectivity index (χ2v) is 11.9. The predicted molar refractivity (Wildman–Crippen MR) is 163 cm³/mol. The van der Waals surface area contributed by atoms with E-state index < -0.39 is 0 Å². The number of hydrogen-bond donors (Lipinski definition) is 1. The van der Waals surface area contributed by atoms with Crippen LogP contribution in [0.2, 0.25) is 0 Å². The van der Waals surface area contributed by atoms with Gasteiger partial charge < -0.3 is 33.9 Å². The lowest BCUT2D eigenvalue weighted by atomic mass is 9.93. The summed E-state index contributed by atoms with van der Waals surface area (Å²) in [7, 11) is 3.25. The van der Waals surface area contributed by atoms with E-state index in [9.17, 15) is 9.59 Å². The average Bonchev–Trinajstić information content (AvgIpc) is 3.63. The Kier molecular flexibility index (Phi) is 10.2. The second kappa shape index (κ2) is 14.2. The number of nitrogens with zero attached hydrogens (tertiary/aromatic N) is 3. The van der Waals surface area contributed by atoms with Crippen LogP contribution in [0, 0.1) is 11.8 Å². The molecule has 2 heterocycles. The molecule has 2 atom stereocenters. The third-order valence-electron chi connectivity index (χ3n) is 8.47. The number of hydrogen-bond acceptors (Lipinski definition) is 8. The van der Waals surface area contributed by atoms with Gasteiger partial charge in [0.15, 0.2) is 17.1 Å². The maximum Gasteiger partial charge on any atom is 0.254 e. The summed E-state index contributed by atoms with van der Waals surface area (Å²) in [6, 6.07) is 13.3. The van der Waals surface area contributed by atoms with Crippen molar-refractivity contribution in [2.24, 2.45) is 11.8 Å². The molecule has 0 bridgehead atoms. The summed E-state index contributed by atoms with van der Waals surface area (Å²) >= 11 is 0. The SMILES string of the molecule is COCCCOc1cc(C(=O)N(C[C@@H]2CNC[C@H]2CN(C(=O)Cc2noc3ccccc23)C2CC2)C(C)C)ccc1OC. The molecule has 0 radical (unpaired) electrons. The molecule has 43 heavy (non-hydrogen) atoms. The van der Waals surface area contributed by atoms with Gasteiger partial charge in [0, 0.05) is 69.3 Å². The molecule has 1 aliphatic heterocycles. The fourth-order valence-corrected chi connectivity index (χ4v) is 5.87. The lowest BCUT2D eigenvalue weighted by Gasteiger charge is -2.33. The Morgan fingerprint density at radius 2 is 1.79 bits per heavy atom. The van der Waals surface area contributed by atoms with Gasteiger partial charge in [0.1, 0.15) is 5.69 Å². The van der Waals surface area contributed by atoms with Gasteiger partial charge in [-0.1, -0.05) is 17.3 Å². The van der Waals surface area contributed by atoms with Crippen molar-refractivity contribution >= 4 is 22.8 Å². The summed E-state index contributed by atoms with van der Waals surface area (Å²) in [6.07, 6.45) is 3.02. The highest BCUT2D eigenvalue weighted by atomic mass is 16.5. The Morgan fingerprint density at radius 3 is 2.51 bits per heavy atom. The fraction of sp³-hybridized carbons (Fsp3) is 0.545. The number of carbonyl (C=O) groups is 2. The fourth-order valence-electron chi connectivity index (χ4n) is 5.87. The van der Waals surface area contributed by atoms with Crippen LogP contribution in [0.5, 0.6) is 11.5 Å². The Bertz CT molecular complexity index is 1390. The average molecular weight is 593 g/mol. The van der Waals surface area contributed by atoms with Gasteiger partial charge in [0.05, 0.1) is 20.1 Å². The van der Waals surface area contributed by atoms with Crippen LogP contribution in [-0.4, -0.2) is 92.5 Å². The van der Waals surface area contributed by atoms with Crippen LogP contribution < -0.4 is 14.8 Å². The smallest absolute Gasteiger partial charge is 0.254 e. The molecular formula is C33H44N4O6. The van der Waals surface area contributed by atoms with Crippen molar-refractivity contribution in [3.63, 3.8) is 0 Å². The normalized spacial score (nSPS) is 18.3. The molecule has 1 aromatic heterocycles. The molecule has 2 fully saturated rings. The molecule has 1 aliphatic carbocycles. The molecule has 10 heteroatoms. The highest BCUT2D eigenvalue weighted by Gasteiger charge is 2.38. The number of para-hydroxylation sites is 1. The number of benzene rings is 2. The van der Waals surface area contributed by atoms with Gasteiger partial charge in [-0.25, -0.2) is 0 Å². The lowest BCUT2D eigenvalue weighted by Crippen LogP contribution is -2.45. The zero-order chi connectivity index (χ0) is 30.3. The summed E-state index contributed by atoms with van der Waals surface area (Å²) in [5.41, 5.74) is 1.95. The molecule has 2 amide bonds. The molecule has 1 saturated carbocycles. The topological polar surface area (TPSA) is 106 Å². The molecule has 10 nitrogen and oxygen atoms in total. The maximum absolute atomic E-state index is 13.9. The van der Waals surface area contributed by atoms with Gasteiger partial charge in [-0.05, 0) is 68.9 Å².